The van der Waals surface area contributed by atoms with E-state index in [0.717, 1.165) is 36.7 Å². The van der Waals surface area contributed by atoms with Crippen LogP contribution < -0.4 is 0 Å². The highest BCUT2D eigenvalue weighted by molar-refractivity contribution is 8.05. The van der Waals surface area contributed by atoms with E-state index in [2.05, 4.69) is 33.7 Å². The zero-order valence-electron chi connectivity index (χ0n) is 14.6. The molecule has 3 nitrogen and oxygen atoms in total. The zero-order chi connectivity index (χ0) is 18.8. The Hall–Kier alpha value is -2.99. The van der Waals surface area contributed by atoms with E-state index in [1.165, 1.54) is 11.8 Å². The molecule has 0 atom stereocenters. The molecule has 0 amide bonds. The van der Waals surface area contributed by atoms with Crippen molar-refractivity contribution in [1.29, 1.82) is 5.26 Å². The Kier molecular flexibility index (Phi) is 4.73. The molecule has 0 unspecified atom stereocenters. The van der Waals surface area contributed by atoms with Gasteiger partial charge in [0.25, 0.3) is 0 Å². The minimum atomic E-state index is 0.507. The molecule has 0 radical (unpaired) electrons. The van der Waals surface area contributed by atoms with Gasteiger partial charge in [-0.2, -0.15) is 5.26 Å². The summed E-state index contributed by atoms with van der Waals surface area (Å²) in [5.74, 6) is 2.72. The van der Waals surface area contributed by atoms with E-state index in [4.69, 9.17) is 6.42 Å². The first-order valence-electron chi connectivity index (χ1n) is 8.38. The maximum absolute atomic E-state index is 9.70. The molecule has 0 N–H and O–H groups in total. The van der Waals surface area contributed by atoms with Crippen LogP contribution >= 0.6 is 23.1 Å². The van der Waals surface area contributed by atoms with E-state index in [1.54, 1.807) is 11.3 Å². The maximum Gasteiger partial charge on any atom is 0.156 e. The fraction of sp³-hybridized carbons (Fsp3) is 0.0909. The summed E-state index contributed by atoms with van der Waals surface area (Å²) in [7, 11) is 0. The molecule has 0 bridgehead atoms. The van der Waals surface area contributed by atoms with Crippen LogP contribution in [-0.2, 0) is 6.54 Å². The summed E-state index contributed by atoms with van der Waals surface area (Å²) < 4.78 is 4.10. The Morgan fingerprint density at radius 1 is 1.26 bits per heavy atom. The first kappa shape index (κ1) is 17.4. The van der Waals surface area contributed by atoms with Crippen molar-refractivity contribution in [2.75, 3.05) is 0 Å². The van der Waals surface area contributed by atoms with Gasteiger partial charge in [0.2, 0.25) is 0 Å². The molecular weight excluding hydrogens is 370 g/mol. The van der Waals surface area contributed by atoms with Gasteiger partial charge in [0, 0.05) is 22.2 Å². The topological polar surface area (TPSA) is 41.6 Å². The molecule has 0 aliphatic carbocycles. The molecule has 130 valence electrons. The lowest BCUT2D eigenvalue weighted by atomic mass is 10.1. The number of thioether (sulfide) groups is 1. The molecule has 0 fully saturated rings. The standard InChI is InChI=1S/C22H15N3S2/c1-3-12-25-15(2)18(17-8-4-6-10-20(17)25)13-16(14-23)26-22-24-19-9-5-7-11-21(19)27-22/h1,4-11,13H,12H2,2H3/b16-13+. The SMILES string of the molecule is C#CCn1c(C)c(/C=C(\C#N)Sc2nc3ccccc3s2)c2ccccc21. The number of aromatic nitrogens is 2. The summed E-state index contributed by atoms with van der Waals surface area (Å²) >= 11 is 3.01. The van der Waals surface area contributed by atoms with Gasteiger partial charge in [0.05, 0.1) is 21.7 Å². The van der Waals surface area contributed by atoms with Crippen molar-refractivity contribution >= 4 is 50.3 Å². The average molecular weight is 386 g/mol. The second-order valence-corrected chi connectivity index (χ2v) is 8.30. The van der Waals surface area contributed by atoms with Crippen LogP contribution in [0.1, 0.15) is 11.3 Å². The highest BCUT2D eigenvalue weighted by Crippen LogP contribution is 2.36. The second-order valence-electron chi connectivity index (χ2n) is 5.98. The number of fused-ring (bicyclic) bond motifs is 2. The van der Waals surface area contributed by atoms with Crippen LogP contribution in [0.5, 0.6) is 0 Å². The van der Waals surface area contributed by atoms with E-state index in [-0.39, 0.29) is 0 Å². The fourth-order valence-corrected chi connectivity index (χ4v) is 5.10. The minimum Gasteiger partial charge on any atom is -0.333 e. The summed E-state index contributed by atoms with van der Waals surface area (Å²) in [5, 5.41) is 10.8. The highest BCUT2D eigenvalue weighted by atomic mass is 32.2. The predicted molar refractivity (Wildman–Crippen MR) is 115 cm³/mol. The van der Waals surface area contributed by atoms with E-state index < -0.39 is 0 Å². The van der Waals surface area contributed by atoms with E-state index in [9.17, 15) is 5.26 Å². The van der Waals surface area contributed by atoms with Gasteiger partial charge in [-0.1, -0.05) is 36.3 Å². The fourth-order valence-electron chi connectivity index (χ4n) is 3.14. The monoisotopic (exact) mass is 385 g/mol. The number of hydrogen-bond donors (Lipinski definition) is 0. The van der Waals surface area contributed by atoms with E-state index in [1.807, 2.05) is 49.4 Å². The first-order valence-corrected chi connectivity index (χ1v) is 10.0. The molecule has 0 saturated carbocycles. The summed E-state index contributed by atoms with van der Waals surface area (Å²) in [6.07, 6.45) is 7.49. The van der Waals surface area contributed by atoms with Gasteiger partial charge in [-0.25, -0.2) is 4.98 Å². The third-order valence-corrected chi connectivity index (χ3v) is 6.41. The number of para-hydroxylation sites is 2. The Morgan fingerprint density at radius 3 is 2.81 bits per heavy atom. The first-order chi connectivity index (χ1) is 13.2. The molecule has 4 aromatic rings. The Labute approximate surface area is 166 Å². The number of terminal acetylenes is 1. The molecule has 2 heterocycles. The lowest BCUT2D eigenvalue weighted by Gasteiger charge is -2.03. The van der Waals surface area contributed by atoms with Crippen LogP contribution in [0.25, 0.3) is 27.2 Å². The molecule has 0 aliphatic heterocycles. The zero-order valence-corrected chi connectivity index (χ0v) is 16.3. The second kappa shape index (κ2) is 7.32. The van der Waals surface area contributed by atoms with Gasteiger partial charge in [0.15, 0.2) is 4.34 Å². The van der Waals surface area contributed by atoms with Gasteiger partial charge in [-0.15, -0.1) is 17.8 Å². The number of nitrogens with zero attached hydrogens (tertiary/aromatic N) is 3. The summed E-state index contributed by atoms with van der Waals surface area (Å²) in [4.78, 5) is 5.23. The average Bonchev–Trinajstić information content (AvgIpc) is 3.21. The third kappa shape index (κ3) is 3.24. The number of benzene rings is 2. The lowest BCUT2D eigenvalue weighted by molar-refractivity contribution is 0.846. The third-order valence-electron chi connectivity index (χ3n) is 4.39. The van der Waals surface area contributed by atoms with Crippen LogP contribution in [0.3, 0.4) is 0 Å². The van der Waals surface area contributed by atoms with Crippen LogP contribution in [0.15, 0.2) is 57.8 Å². The van der Waals surface area contributed by atoms with Crippen molar-refractivity contribution in [3.05, 3.63) is 64.7 Å². The number of allylic oxidation sites excluding steroid dienone is 1. The van der Waals surface area contributed by atoms with Gasteiger partial charge in [0.1, 0.15) is 6.07 Å². The van der Waals surface area contributed by atoms with Gasteiger partial charge in [-0.05, 0) is 43.0 Å². The number of hydrogen-bond acceptors (Lipinski definition) is 4. The van der Waals surface area contributed by atoms with Crippen LogP contribution in [-0.4, -0.2) is 9.55 Å². The molecule has 27 heavy (non-hydrogen) atoms. The predicted octanol–water partition coefficient (Wildman–Crippen LogP) is 5.85. The van der Waals surface area contributed by atoms with Crippen molar-refractivity contribution in [1.82, 2.24) is 9.55 Å². The van der Waals surface area contributed by atoms with Crippen molar-refractivity contribution in [3.63, 3.8) is 0 Å². The van der Waals surface area contributed by atoms with Crippen LogP contribution in [0.4, 0.5) is 0 Å². The normalized spacial score (nSPS) is 11.6. The molecule has 4 rings (SSSR count). The molecule has 2 aromatic carbocycles. The number of thiazole rings is 1. The van der Waals surface area contributed by atoms with Gasteiger partial charge in [-0.3, -0.25) is 0 Å². The minimum absolute atomic E-state index is 0.507. The molecular formula is C22H15N3S2. The van der Waals surface area contributed by atoms with Crippen molar-refractivity contribution in [2.24, 2.45) is 0 Å². The largest absolute Gasteiger partial charge is 0.333 e. The summed E-state index contributed by atoms with van der Waals surface area (Å²) in [5.41, 5.74) is 4.14. The number of rotatable bonds is 4. The van der Waals surface area contributed by atoms with Gasteiger partial charge >= 0.3 is 0 Å². The number of nitriles is 1. The molecule has 5 heteroatoms. The Bertz CT molecular complexity index is 1230. The Morgan fingerprint density at radius 2 is 2.04 bits per heavy atom. The van der Waals surface area contributed by atoms with E-state index in [0.29, 0.717) is 11.4 Å². The van der Waals surface area contributed by atoms with Crippen molar-refractivity contribution in [3.8, 4) is 18.4 Å². The van der Waals surface area contributed by atoms with Gasteiger partial charge < -0.3 is 4.57 Å². The van der Waals surface area contributed by atoms with Crippen LogP contribution in [0, 0.1) is 30.6 Å². The quantitative estimate of drug-likeness (QED) is 0.251. The van der Waals surface area contributed by atoms with E-state index >= 15 is 0 Å². The maximum atomic E-state index is 9.70. The molecule has 0 spiro atoms. The van der Waals surface area contributed by atoms with Crippen molar-refractivity contribution < 1.29 is 0 Å². The summed E-state index contributed by atoms with van der Waals surface area (Å²) in [6.45, 7) is 2.55. The van der Waals surface area contributed by atoms with Crippen molar-refractivity contribution in [2.45, 2.75) is 17.8 Å². The summed E-state index contributed by atoms with van der Waals surface area (Å²) in [6, 6.07) is 18.5. The molecule has 0 aliphatic rings. The lowest BCUT2D eigenvalue weighted by Crippen LogP contribution is -1.97. The Balaban J connectivity index is 1.78. The highest BCUT2D eigenvalue weighted by Gasteiger charge is 2.14. The molecule has 0 saturated heterocycles. The smallest absolute Gasteiger partial charge is 0.156 e. The van der Waals surface area contributed by atoms with Crippen LogP contribution in [0.2, 0.25) is 0 Å². The molecule has 2 aromatic heterocycles.